The number of alkyl halides is 2. The number of carbonyl (C=O) groups is 1. The Morgan fingerprint density at radius 1 is 1.36 bits per heavy atom. The van der Waals surface area contributed by atoms with Gasteiger partial charge in [0.25, 0.3) is 5.92 Å². The Balaban J connectivity index is 2.31. The third kappa shape index (κ3) is 7.33. The van der Waals surface area contributed by atoms with Gasteiger partial charge in [-0.3, -0.25) is 0 Å². The lowest BCUT2D eigenvalue weighted by Gasteiger charge is -2.22. The molecule has 0 aromatic carbocycles. The van der Waals surface area contributed by atoms with E-state index in [9.17, 15) is 13.6 Å². The van der Waals surface area contributed by atoms with Crippen molar-refractivity contribution in [2.24, 2.45) is 0 Å². The number of carbonyl (C=O) groups excluding carboxylic acids is 1. The number of thiophene rings is 1. The molecule has 0 bridgehead atoms. The van der Waals surface area contributed by atoms with E-state index in [0.717, 1.165) is 4.88 Å². The molecule has 0 saturated heterocycles. The second-order valence-corrected chi connectivity index (χ2v) is 6.86. The first-order valence-corrected chi connectivity index (χ1v) is 7.47. The second kappa shape index (κ2) is 7.51. The average Bonchev–Trinajstić information content (AvgIpc) is 2.82. The van der Waals surface area contributed by atoms with Crippen LogP contribution in [0.4, 0.5) is 13.6 Å². The summed E-state index contributed by atoms with van der Waals surface area (Å²) in [5, 5.41) is 13.3. The summed E-state index contributed by atoms with van der Waals surface area (Å²) in [6.45, 7) is 3.83. The first-order valence-electron chi connectivity index (χ1n) is 6.65. The molecule has 0 spiro atoms. The van der Waals surface area contributed by atoms with Crippen molar-refractivity contribution in [2.75, 3.05) is 13.1 Å². The van der Waals surface area contributed by atoms with Gasteiger partial charge < -0.3 is 15.4 Å². The number of halogens is 2. The topological polar surface area (TPSA) is 74.2 Å². The highest BCUT2D eigenvalue weighted by Crippen LogP contribution is 2.16. The van der Waals surface area contributed by atoms with Crippen LogP contribution in [0.5, 0.6) is 0 Å². The van der Waals surface area contributed by atoms with Gasteiger partial charge in [0.05, 0.1) is 13.1 Å². The minimum atomic E-state index is -3.09. The molecule has 0 atom stereocenters. The van der Waals surface area contributed by atoms with Crippen LogP contribution in [-0.4, -0.2) is 30.7 Å². The summed E-state index contributed by atoms with van der Waals surface area (Å²) < 4.78 is 32.1. The van der Waals surface area contributed by atoms with Gasteiger partial charge in [0.1, 0.15) is 16.5 Å². The molecule has 0 aliphatic heterocycles. The Morgan fingerprint density at radius 3 is 2.59 bits per heavy atom. The van der Waals surface area contributed by atoms with Gasteiger partial charge in [-0.05, 0) is 32.9 Å². The van der Waals surface area contributed by atoms with Crippen molar-refractivity contribution in [3.63, 3.8) is 0 Å². The summed E-state index contributed by atoms with van der Waals surface area (Å²) >= 11 is 1.25. The van der Waals surface area contributed by atoms with Crippen molar-refractivity contribution in [3.8, 4) is 6.07 Å². The van der Waals surface area contributed by atoms with E-state index in [2.05, 4.69) is 5.32 Å². The van der Waals surface area contributed by atoms with Crippen LogP contribution in [0.25, 0.3) is 0 Å². The third-order valence-electron chi connectivity index (χ3n) is 2.34. The predicted octanol–water partition coefficient (Wildman–Crippen LogP) is 2.87. The first-order chi connectivity index (χ1) is 10.1. The lowest BCUT2D eigenvalue weighted by Crippen LogP contribution is -2.44. The van der Waals surface area contributed by atoms with Gasteiger partial charge in [-0.2, -0.15) is 5.26 Å². The van der Waals surface area contributed by atoms with Crippen molar-refractivity contribution >= 4 is 17.4 Å². The van der Waals surface area contributed by atoms with Crippen molar-refractivity contribution in [2.45, 2.75) is 38.8 Å². The molecule has 1 aromatic heterocycles. The van der Waals surface area contributed by atoms with Gasteiger partial charge in [0.2, 0.25) is 0 Å². The zero-order valence-corrected chi connectivity index (χ0v) is 13.5. The van der Waals surface area contributed by atoms with Crippen LogP contribution in [0.3, 0.4) is 0 Å². The highest BCUT2D eigenvalue weighted by atomic mass is 32.1. The molecule has 122 valence electrons. The Morgan fingerprint density at radius 2 is 2.05 bits per heavy atom. The third-order valence-corrected chi connectivity index (χ3v) is 3.33. The molecule has 0 unspecified atom stereocenters. The van der Waals surface area contributed by atoms with Gasteiger partial charge in [0.15, 0.2) is 0 Å². The van der Waals surface area contributed by atoms with Crippen molar-refractivity contribution in [1.29, 1.82) is 5.26 Å². The molecule has 1 heterocycles. The Kier molecular flexibility index (Phi) is 6.26. The van der Waals surface area contributed by atoms with E-state index in [-0.39, 0.29) is 6.54 Å². The molecule has 22 heavy (non-hydrogen) atoms. The van der Waals surface area contributed by atoms with E-state index in [1.54, 1.807) is 32.9 Å². The van der Waals surface area contributed by atoms with E-state index in [4.69, 9.17) is 10.00 Å². The van der Waals surface area contributed by atoms with Crippen LogP contribution in [-0.2, 0) is 11.3 Å². The zero-order chi connectivity index (χ0) is 16.8. The lowest BCUT2D eigenvalue weighted by atomic mass is 10.2. The van der Waals surface area contributed by atoms with Crippen LogP contribution < -0.4 is 10.6 Å². The molecular weight excluding hydrogens is 312 g/mol. The molecule has 2 N–H and O–H groups in total. The number of nitriles is 1. The number of ether oxygens (including phenoxy) is 1. The highest BCUT2D eigenvalue weighted by Gasteiger charge is 2.30. The lowest BCUT2D eigenvalue weighted by molar-refractivity contribution is -0.00372. The van der Waals surface area contributed by atoms with Crippen molar-refractivity contribution in [3.05, 3.63) is 21.9 Å². The minimum absolute atomic E-state index is 0.244. The molecule has 5 nitrogen and oxygen atoms in total. The maximum atomic E-state index is 13.6. The minimum Gasteiger partial charge on any atom is -0.444 e. The smallest absolute Gasteiger partial charge is 0.407 e. The molecule has 0 aliphatic rings. The predicted molar refractivity (Wildman–Crippen MR) is 79.9 cm³/mol. The van der Waals surface area contributed by atoms with Crippen LogP contribution >= 0.6 is 11.3 Å². The Labute approximate surface area is 132 Å². The molecule has 8 heteroatoms. The fourth-order valence-electron chi connectivity index (χ4n) is 1.48. The maximum absolute atomic E-state index is 13.6. The van der Waals surface area contributed by atoms with Gasteiger partial charge >= 0.3 is 6.09 Å². The number of nitrogens with zero attached hydrogens (tertiary/aromatic N) is 1. The molecule has 0 fully saturated rings. The second-order valence-electron chi connectivity index (χ2n) is 5.69. The largest absolute Gasteiger partial charge is 0.444 e. The van der Waals surface area contributed by atoms with Gasteiger partial charge in [-0.25, -0.2) is 13.6 Å². The normalized spacial score (nSPS) is 11.8. The average molecular weight is 331 g/mol. The highest BCUT2D eigenvalue weighted by molar-refractivity contribution is 7.12. The molecular formula is C14H19F2N3O2S. The van der Waals surface area contributed by atoms with E-state index in [0.29, 0.717) is 4.88 Å². The zero-order valence-electron chi connectivity index (χ0n) is 12.7. The number of alkyl carbamates (subject to hydrolysis) is 1. The Bertz CT molecular complexity index is 547. The summed E-state index contributed by atoms with van der Waals surface area (Å²) in [7, 11) is 0. The van der Waals surface area contributed by atoms with Crippen molar-refractivity contribution in [1.82, 2.24) is 10.6 Å². The van der Waals surface area contributed by atoms with E-state index in [1.807, 2.05) is 11.4 Å². The summed E-state index contributed by atoms with van der Waals surface area (Å²) in [6, 6.07) is 5.34. The molecule has 1 aromatic rings. The van der Waals surface area contributed by atoms with Crippen LogP contribution in [0.2, 0.25) is 0 Å². The fourth-order valence-corrected chi connectivity index (χ4v) is 2.25. The summed E-state index contributed by atoms with van der Waals surface area (Å²) in [6.07, 6.45) is -0.871. The summed E-state index contributed by atoms with van der Waals surface area (Å²) in [4.78, 5) is 12.7. The molecule has 1 rings (SSSR count). The standard InChI is InChI=1S/C14H19F2N3O2S/c1-13(2,3)21-12(20)19-9-14(15,16)8-18-7-11-5-4-10(6-17)22-11/h4-5,18H,7-9H2,1-3H3,(H,19,20). The molecule has 1 amide bonds. The van der Waals surface area contributed by atoms with Crippen LogP contribution in [0.15, 0.2) is 12.1 Å². The monoisotopic (exact) mass is 331 g/mol. The quantitative estimate of drug-likeness (QED) is 0.840. The van der Waals surface area contributed by atoms with Gasteiger partial charge in [-0.15, -0.1) is 11.3 Å². The van der Waals surface area contributed by atoms with Gasteiger partial charge in [0, 0.05) is 11.4 Å². The van der Waals surface area contributed by atoms with E-state index < -0.39 is 30.7 Å². The first kappa shape index (κ1) is 18.3. The van der Waals surface area contributed by atoms with Crippen molar-refractivity contribution < 1.29 is 18.3 Å². The van der Waals surface area contributed by atoms with E-state index >= 15 is 0 Å². The van der Waals surface area contributed by atoms with E-state index in [1.165, 1.54) is 11.3 Å². The van der Waals surface area contributed by atoms with Crippen LogP contribution in [0, 0.1) is 11.3 Å². The molecule has 0 saturated carbocycles. The summed E-state index contributed by atoms with van der Waals surface area (Å²) in [5.41, 5.74) is -0.727. The number of rotatable bonds is 6. The fraction of sp³-hybridized carbons (Fsp3) is 0.571. The van der Waals surface area contributed by atoms with Gasteiger partial charge in [-0.1, -0.05) is 0 Å². The number of nitrogens with one attached hydrogen (secondary N) is 2. The number of hydrogen-bond acceptors (Lipinski definition) is 5. The molecule has 0 aliphatic carbocycles. The van der Waals surface area contributed by atoms with Crippen LogP contribution in [0.1, 0.15) is 30.5 Å². The Hall–Kier alpha value is -1.72. The number of amides is 1. The number of hydrogen-bond donors (Lipinski definition) is 2. The molecule has 0 radical (unpaired) electrons. The summed E-state index contributed by atoms with van der Waals surface area (Å²) in [5.74, 6) is -3.09. The maximum Gasteiger partial charge on any atom is 0.407 e. The SMILES string of the molecule is CC(C)(C)OC(=O)NCC(F)(F)CNCc1ccc(C#N)s1.